The van der Waals surface area contributed by atoms with Crippen molar-refractivity contribution in [1.29, 1.82) is 0 Å². The van der Waals surface area contributed by atoms with Gasteiger partial charge in [-0.15, -0.1) is 0 Å². The van der Waals surface area contributed by atoms with Crippen LogP contribution >= 0.6 is 0 Å². The molecule has 0 saturated carbocycles. The first kappa shape index (κ1) is 16.0. The molecule has 1 aliphatic rings. The van der Waals surface area contributed by atoms with Gasteiger partial charge in [-0.1, -0.05) is 6.92 Å². The Hall–Kier alpha value is -1.10. The van der Waals surface area contributed by atoms with Gasteiger partial charge in [0.05, 0.1) is 0 Å². The fourth-order valence-corrected chi connectivity index (χ4v) is 2.30. The number of carbonyl (C=O) groups is 2. The van der Waals surface area contributed by atoms with Crippen LogP contribution in [0.15, 0.2) is 0 Å². The summed E-state index contributed by atoms with van der Waals surface area (Å²) in [5.74, 6) is -0.0224. The third-order valence-electron chi connectivity index (χ3n) is 3.64. The summed E-state index contributed by atoms with van der Waals surface area (Å²) >= 11 is 0. The van der Waals surface area contributed by atoms with Gasteiger partial charge in [-0.05, 0) is 51.2 Å². The van der Waals surface area contributed by atoms with E-state index in [1.807, 2.05) is 0 Å². The Morgan fingerprint density at radius 2 is 1.89 bits per heavy atom. The number of piperidine rings is 1. The van der Waals surface area contributed by atoms with Gasteiger partial charge in [0.2, 0.25) is 5.91 Å². The number of hydrogen-bond donors (Lipinski definition) is 2. The maximum Gasteiger partial charge on any atom is 0.303 e. The predicted octanol–water partition coefficient (Wildman–Crippen LogP) is 1.48. The molecule has 0 aliphatic carbocycles. The summed E-state index contributed by atoms with van der Waals surface area (Å²) in [5.41, 5.74) is 0. The first-order valence-electron chi connectivity index (χ1n) is 7.29. The summed E-state index contributed by atoms with van der Waals surface area (Å²) in [7, 11) is 0. The highest BCUT2D eigenvalue weighted by molar-refractivity contribution is 5.76. The Morgan fingerprint density at radius 3 is 2.53 bits per heavy atom. The van der Waals surface area contributed by atoms with Gasteiger partial charge in [-0.25, -0.2) is 0 Å². The van der Waals surface area contributed by atoms with Crippen molar-refractivity contribution >= 4 is 11.9 Å². The number of likely N-dealkylation sites (tertiary alicyclic amines) is 1. The Kier molecular flexibility index (Phi) is 7.48. The topological polar surface area (TPSA) is 69.6 Å². The lowest BCUT2D eigenvalue weighted by molar-refractivity contribution is -0.137. The molecule has 0 aromatic carbocycles. The van der Waals surface area contributed by atoms with Crippen molar-refractivity contribution in [3.05, 3.63) is 0 Å². The van der Waals surface area contributed by atoms with Gasteiger partial charge in [0.15, 0.2) is 0 Å². The minimum Gasteiger partial charge on any atom is -0.481 e. The number of carboxylic acid groups (broad SMARTS) is 1. The number of nitrogens with zero attached hydrogens (tertiary/aromatic N) is 1. The van der Waals surface area contributed by atoms with Crippen LogP contribution < -0.4 is 5.32 Å². The van der Waals surface area contributed by atoms with Crippen LogP contribution in [-0.2, 0) is 9.59 Å². The molecule has 1 saturated heterocycles. The maximum atomic E-state index is 11.4. The van der Waals surface area contributed by atoms with E-state index >= 15 is 0 Å². The van der Waals surface area contributed by atoms with Crippen LogP contribution in [0, 0.1) is 5.92 Å². The van der Waals surface area contributed by atoms with Crippen LogP contribution in [0.1, 0.15) is 45.4 Å². The van der Waals surface area contributed by atoms with E-state index in [1.54, 1.807) is 0 Å². The first-order valence-corrected chi connectivity index (χ1v) is 7.29. The monoisotopic (exact) mass is 270 g/mol. The Bertz CT molecular complexity index is 286. The van der Waals surface area contributed by atoms with E-state index in [0.717, 1.165) is 18.9 Å². The molecule has 0 radical (unpaired) electrons. The van der Waals surface area contributed by atoms with Crippen LogP contribution in [0.25, 0.3) is 0 Å². The largest absolute Gasteiger partial charge is 0.481 e. The third kappa shape index (κ3) is 7.82. The zero-order chi connectivity index (χ0) is 14.1. The van der Waals surface area contributed by atoms with Crippen molar-refractivity contribution in [3.8, 4) is 0 Å². The van der Waals surface area contributed by atoms with E-state index in [4.69, 9.17) is 5.11 Å². The Morgan fingerprint density at radius 1 is 1.21 bits per heavy atom. The molecule has 1 heterocycles. The lowest BCUT2D eigenvalue weighted by atomic mass is 9.99. The van der Waals surface area contributed by atoms with E-state index in [9.17, 15) is 9.59 Å². The SMILES string of the molecule is CC1CCN(CCCNC(=O)CCCC(=O)O)CC1. The number of hydrogen-bond acceptors (Lipinski definition) is 3. The van der Waals surface area contributed by atoms with E-state index in [1.165, 1.54) is 25.9 Å². The van der Waals surface area contributed by atoms with E-state index < -0.39 is 5.97 Å². The summed E-state index contributed by atoms with van der Waals surface area (Å²) in [6, 6.07) is 0. The quantitative estimate of drug-likeness (QED) is 0.655. The highest BCUT2D eigenvalue weighted by Crippen LogP contribution is 2.15. The zero-order valence-electron chi connectivity index (χ0n) is 11.9. The molecule has 1 rings (SSSR count). The first-order chi connectivity index (χ1) is 9.08. The average molecular weight is 270 g/mol. The molecule has 110 valence electrons. The average Bonchev–Trinajstić information content (AvgIpc) is 2.36. The number of carboxylic acids is 1. The van der Waals surface area contributed by atoms with E-state index in [-0.39, 0.29) is 12.3 Å². The zero-order valence-corrected chi connectivity index (χ0v) is 11.9. The lowest BCUT2D eigenvalue weighted by Crippen LogP contribution is -2.35. The molecule has 1 amide bonds. The van der Waals surface area contributed by atoms with Crippen LogP contribution in [0.4, 0.5) is 0 Å². The van der Waals surface area contributed by atoms with Crippen LogP contribution in [0.5, 0.6) is 0 Å². The number of rotatable bonds is 8. The van der Waals surface area contributed by atoms with E-state index in [2.05, 4.69) is 17.1 Å². The number of carbonyl (C=O) groups excluding carboxylic acids is 1. The standard InChI is InChI=1S/C14H26N2O3/c1-12-6-10-16(11-7-12)9-3-8-15-13(17)4-2-5-14(18)19/h12H,2-11H2,1H3,(H,15,17)(H,18,19). The second-order valence-corrected chi connectivity index (χ2v) is 5.47. The fourth-order valence-electron chi connectivity index (χ4n) is 2.30. The molecule has 1 aliphatic heterocycles. The highest BCUT2D eigenvalue weighted by Gasteiger charge is 2.14. The summed E-state index contributed by atoms with van der Waals surface area (Å²) in [6.07, 6.45) is 4.33. The van der Waals surface area contributed by atoms with Crippen molar-refractivity contribution in [1.82, 2.24) is 10.2 Å². The molecule has 5 heteroatoms. The lowest BCUT2D eigenvalue weighted by Gasteiger charge is -2.30. The minimum absolute atomic E-state index is 0.0338. The predicted molar refractivity (Wildman–Crippen MR) is 74.0 cm³/mol. The van der Waals surface area contributed by atoms with Crippen molar-refractivity contribution < 1.29 is 14.7 Å². The Labute approximate surface area is 115 Å². The molecule has 0 atom stereocenters. The molecule has 0 bridgehead atoms. The van der Waals surface area contributed by atoms with Crippen LogP contribution in [-0.4, -0.2) is 48.1 Å². The van der Waals surface area contributed by atoms with Crippen LogP contribution in [0.3, 0.4) is 0 Å². The summed E-state index contributed by atoms with van der Waals surface area (Å²) in [6.45, 7) is 6.39. The molecule has 5 nitrogen and oxygen atoms in total. The maximum absolute atomic E-state index is 11.4. The molecule has 0 aromatic rings. The Balaban J connectivity index is 1.95. The second kappa shape index (κ2) is 8.91. The molecular weight excluding hydrogens is 244 g/mol. The molecule has 1 fully saturated rings. The minimum atomic E-state index is -0.841. The number of nitrogens with one attached hydrogen (secondary N) is 1. The smallest absolute Gasteiger partial charge is 0.303 e. The van der Waals surface area contributed by atoms with Crippen molar-refractivity contribution in [3.63, 3.8) is 0 Å². The van der Waals surface area contributed by atoms with Gasteiger partial charge in [0.25, 0.3) is 0 Å². The molecule has 0 unspecified atom stereocenters. The van der Waals surface area contributed by atoms with Crippen molar-refractivity contribution in [2.45, 2.75) is 45.4 Å². The molecule has 0 spiro atoms. The molecule has 19 heavy (non-hydrogen) atoms. The summed E-state index contributed by atoms with van der Waals surface area (Å²) in [5, 5.41) is 11.3. The third-order valence-corrected chi connectivity index (χ3v) is 3.64. The van der Waals surface area contributed by atoms with Crippen molar-refractivity contribution in [2.24, 2.45) is 5.92 Å². The van der Waals surface area contributed by atoms with Gasteiger partial charge < -0.3 is 15.3 Å². The summed E-state index contributed by atoms with van der Waals surface area (Å²) < 4.78 is 0. The van der Waals surface area contributed by atoms with Crippen LogP contribution in [0.2, 0.25) is 0 Å². The second-order valence-electron chi connectivity index (χ2n) is 5.47. The number of amides is 1. The normalized spacial score (nSPS) is 17.3. The van der Waals surface area contributed by atoms with Gasteiger partial charge in [-0.3, -0.25) is 9.59 Å². The molecular formula is C14H26N2O3. The van der Waals surface area contributed by atoms with E-state index in [0.29, 0.717) is 19.4 Å². The van der Waals surface area contributed by atoms with Gasteiger partial charge in [0.1, 0.15) is 0 Å². The molecule has 2 N–H and O–H groups in total. The van der Waals surface area contributed by atoms with Crippen molar-refractivity contribution in [2.75, 3.05) is 26.2 Å². The number of aliphatic carboxylic acids is 1. The molecule has 0 aromatic heterocycles. The highest BCUT2D eigenvalue weighted by atomic mass is 16.4. The fraction of sp³-hybridized carbons (Fsp3) is 0.857. The van der Waals surface area contributed by atoms with Gasteiger partial charge in [0, 0.05) is 19.4 Å². The van der Waals surface area contributed by atoms with Gasteiger partial charge >= 0.3 is 5.97 Å². The van der Waals surface area contributed by atoms with Gasteiger partial charge in [-0.2, -0.15) is 0 Å². The summed E-state index contributed by atoms with van der Waals surface area (Å²) in [4.78, 5) is 24.2.